The molecule has 1 aromatic rings. The highest BCUT2D eigenvalue weighted by molar-refractivity contribution is 6.29. The van der Waals surface area contributed by atoms with Crippen LogP contribution in [0.15, 0.2) is 16.9 Å². The van der Waals surface area contributed by atoms with Crippen LogP contribution in [0.2, 0.25) is 5.15 Å². The highest BCUT2D eigenvalue weighted by Crippen LogP contribution is 2.11. The zero-order chi connectivity index (χ0) is 10.9. The van der Waals surface area contributed by atoms with Gasteiger partial charge in [0.2, 0.25) is 5.91 Å². The van der Waals surface area contributed by atoms with Gasteiger partial charge in [0.05, 0.1) is 0 Å². The number of aromatic nitrogens is 2. The maximum atomic E-state index is 11.4. The maximum Gasteiger partial charge on any atom is 0.267 e. The molecule has 0 saturated heterocycles. The Hall–Kier alpha value is -1.36. The SMILES string of the molecule is CC(C)(C(N)=O)n1nc(Cl)ccc1=O. The number of amides is 1. The predicted molar refractivity (Wildman–Crippen MR) is 52.0 cm³/mol. The normalized spacial score (nSPS) is 11.4. The Morgan fingerprint density at radius 3 is 2.64 bits per heavy atom. The van der Waals surface area contributed by atoms with E-state index in [1.165, 1.54) is 26.0 Å². The van der Waals surface area contributed by atoms with Gasteiger partial charge >= 0.3 is 0 Å². The first-order chi connectivity index (χ1) is 6.35. The van der Waals surface area contributed by atoms with Gasteiger partial charge in [0.15, 0.2) is 0 Å². The summed E-state index contributed by atoms with van der Waals surface area (Å²) in [4.78, 5) is 22.4. The molecule has 0 aromatic carbocycles. The molecule has 0 bridgehead atoms. The van der Waals surface area contributed by atoms with Crippen molar-refractivity contribution in [2.45, 2.75) is 19.4 Å². The quantitative estimate of drug-likeness (QED) is 0.761. The highest BCUT2D eigenvalue weighted by Gasteiger charge is 2.29. The molecule has 1 aromatic heterocycles. The van der Waals surface area contributed by atoms with Crippen LogP contribution in [0.4, 0.5) is 0 Å². The first kappa shape index (κ1) is 10.7. The van der Waals surface area contributed by atoms with E-state index in [4.69, 9.17) is 17.3 Å². The van der Waals surface area contributed by atoms with E-state index in [-0.39, 0.29) is 5.15 Å². The third-order valence-corrected chi connectivity index (χ3v) is 2.10. The molecule has 6 heteroatoms. The van der Waals surface area contributed by atoms with Crippen LogP contribution in [0, 0.1) is 0 Å². The van der Waals surface area contributed by atoms with E-state index in [0.29, 0.717) is 0 Å². The predicted octanol–water partition coefficient (Wildman–Crippen LogP) is 0.117. The number of hydrogen-bond donors (Lipinski definition) is 1. The molecule has 1 rings (SSSR count). The number of carbonyl (C=O) groups is 1. The van der Waals surface area contributed by atoms with Gasteiger partial charge in [0, 0.05) is 6.07 Å². The van der Waals surface area contributed by atoms with Crippen molar-refractivity contribution in [3.63, 3.8) is 0 Å². The van der Waals surface area contributed by atoms with E-state index in [2.05, 4.69) is 5.10 Å². The summed E-state index contributed by atoms with van der Waals surface area (Å²) in [5.74, 6) is -0.644. The largest absolute Gasteiger partial charge is 0.368 e. The lowest BCUT2D eigenvalue weighted by Crippen LogP contribution is -2.47. The average Bonchev–Trinajstić information content (AvgIpc) is 2.08. The van der Waals surface area contributed by atoms with Gasteiger partial charge < -0.3 is 5.73 Å². The zero-order valence-electron chi connectivity index (χ0n) is 7.82. The molecular weight excluding hydrogens is 206 g/mol. The van der Waals surface area contributed by atoms with Crippen molar-refractivity contribution in [1.29, 1.82) is 0 Å². The standard InChI is InChI=1S/C8H10ClN3O2/c1-8(2,7(10)14)12-6(13)4-3-5(9)11-12/h3-4H,1-2H3,(H2,10,14). The number of hydrogen-bond acceptors (Lipinski definition) is 3. The fourth-order valence-electron chi connectivity index (χ4n) is 0.894. The van der Waals surface area contributed by atoms with Crippen molar-refractivity contribution < 1.29 is 4.79 Å². The maximum absolute atomic E-state index is 11.4. The first-order valence-corrected chi connectivity index (χ1v) is 4.30. The van der Waals surface area contributed by atoms with Crippen LogP contribution in [0.25, 0.3) is 0 Å². The molecule has 0 aliphatic carbocycles. The average molecular weight is 216 g/mol. The van der Waals surface area contributed by atoms with Crippen molar-refractivity contribution in [2.24, 2.45) is 5.73 Å². The molecule has 0 aliphatic rings. The Kier molecular flexibility index (Phi) is 2.62. The number of rotatable bonds is 2. The summed E-state index contributed by atoms with van der Waals surface area (Å²) in [5.41, 5.74) is 3.54. The Morgan fingerprint density at radius 2 is 2.14 bits per heavy atom. The van der Waals surface area contributed by atoms with Crippen molar-refractivity contribution in [1.82, 2.24) is 9.78 Å². The van der Waals surface area contributed by atoms with Gasteiger partial charge in [-0.05, 0) is 19.9 Å². The smallest absolute Gasteiger partial charge is 0.267 e. The van der Waals surface area contributed by atoms with Crippen molar-refractivity contribution in [3.8, 4) is 0 Å². The number of primary amides is 1. The topological polar surface area (TPSA) is 78.0 Å². The van der Waals surface area contributed by atoms with Gasteiger partial charge in [0.1, 0.15) is 10.7 Å². The van der Waals surface area contributed by atoms with E-state index >= 15 is 0 Å². The van der Waals surface area contributed by atoms with Gasteiger partial charge in [-0.1, -0.05) is 11.6 Å². The summed E-state index contributed by atoms with van der Waals surface area (Å²) in [7, 11) is 0. The van der Waals surface area contributed by atoms with Crippen molar-refractivity contribution in [2.75, 3.05) is 0 Å². The van der Waals surface area contributed by atoms with Crippen LogP contribution in [-0.2, 0) is 10.3 Å². The second kappa shape index (κ2) is 3.42. The monoisotopic (exact) mass is 215 g/mol. The van der Waals surface area contributed by atoms with Crippen LogP contribution in [0.1, 0.15) is 13.8 Å². The lowest BCUT2D eigenvalue weighted by molar-refractivity contribution is -0.125. The molecule has 0 atom stereocenters. The molecule has 0 radical (unpaired) electrons. The Bertz CT molecular complexity index is 425. The minimum atomic E-state index is -1.18. The highest BCUT2D eigenvalue weighted by atomic mass is 35.5. The van der Waals surface area contributed by atoms with Gasteiger partial charge in [-0.15, -0.1) is 0 Å². The molecular formula is C8H10ClN3O2. The number of nitrogens with two attached hydrogens (primary N) is 1. The molecule has 5 nitrogen and oxygen atoms in total. The molecule has 0 fully saturated rings. The molecule has 76 valence electrons. The molecule has 0 aliphatic heterocycles. The van der Waals surface area contributed by atoms with Crippen molar-refractivity contribution in [3.05, 3.63) is 27.6 Å². The fourth-order valence-corrected chi connectivity index (χ4v) is 1.03. The lowest BCUT2D eigenvalue weighted by Gasteiger charge is -2.21. The minimum Gasteiger partial charge on any atom is -0.368 e. The number of halogens is 1. The van der Waals surface area contributed by atoms with Crippen LogP contribution in [0.3, 0.4) is 0 Å². The van der Waals surface area contributed by atoms with Gasteiger partial charge in [-0.25, -0.2) is 4.68 Å². The summed E-state index contributed by atoms with van der Waals surface area (Å²) in [6.45, 7) is 3.00. The second-order valence-electron chi connectivity index (χ2n) is 3.33. The summed E-state index contributed by atoms with van der Waals surface area (Å²) in [6, 6.07) is 2.59. The van der Waals surface area contributed by atoms with Gasteiger partial charge in [-0.3, -0.25) is 9.59 Å². The van der Waals surface area contributed by atoms with E-state index in [0.717, 1.165) is 4.68 Å². The summed E-state index contributed by atoms with van der Waals surface area (Å²) in [5, 5.41) is 3.87. The van der Waals surface area contributed by atoms with E-state index < -0.39 is 17.0 Å². The van der Waals surface area contributed by atoms with Crippen LogP contribution in [-0.4, -0.2) is 15.7 Å². The van der Waals surface area contributed by atoms with Gasteiger partial charge in [-0.2, -0.15) is 5.10 Å². The Labute approximate surface area is 85.5 Å². The third-order valence-electron chi connectivity index (χ3n) is 1.90. The zero-order valence-corrected chi connectivity index (χ0v) is 8.58. The minimum absolute atomic E-state index is 0.138. The van der Waals surface area contributed by atoms with Gasteiger partial charge in [0.25, 0.3) is 5.56 Å². The molecule has 0 saturated carbocycles. The molecule has 1 heterocycles. The number of carbonyl (C=O) groups excluding carboxylic acids is 1. The first-order valence-electron chi connectivity index (χ1n) is 3.92. The molecule has 0 spiro atoms. The Morgan fingerprint density at radius 1 is 1.57 bits per heavy atom. The van der Waals surface area contributed by atoms with E-state index in [1.54, 1.807) is 0 Å². The Balaban J connectivity index is 3.39. The van der Waals surface area contributed by atoms with Crippen LogP contribution < -0.4 is 11.3 Å². The fraction of sp³-hybridized carbons (Fsp3) is 0.375. The second-order valence-corrected chi connectivity index (χ2v) is 3.72. The molecule has 2 N–H and O–H groups in total. The van der Waals surface area contributed by atoms with E-state index in [9.17, 15) is 9.59 Å². The number of nitrogens with zero attached hydrogens (tertiary/aromatic N) is 2. The molecule has 14 heavy (non-hydrogen) atoms. The summed E-state index contributed by atoms with van der Waals surface area (Å²) in [6.07, 6.45) is 0. The van der Waals surface area contributed by atoms with Crippen molar-refractivity contribution >= 4 is 17.5 Å². The third kappa shape index (κ3) is 1.77. The molecule has 1 amide bonds. The molecule has 0 unspecified atom stereocenters. The lowest BCUT2D eigenvalue weighted by atomic mass is 10.1. The summed E-state index contributed by atoms with van der Waals surface area (Å²) < 4.78 is 0.970. The van der Waals surface area contributed by atoms with Crippen LogP contribution >= 0.6 is 11.6 Å². The van der Waals surface area contributed by atoms with E-state index in [1.807, 2.05) is 0 Å². The van der Waals surface area contributed by atoms with Crippen LogP contribution in [0.5, 0.6) is 0 Å². The summed E-state index contributed by atoms with van der Waals surface area (Å²) >= 11 is 5.60.